The molecule has 0 atom stereocenters. The summed E-state index contributed by atoms with van der Waals surface area (Å²) in [6, 6.07) is 6.60. The van der Waals surface area contributed by atoms with E-state index < -0.39 is 11.6 Å². The molecule has 3 aromatic rings. The fraction of sp³-hybridized carbons (Fsp3) is 0.188. The minimum Gasteiger partial charge on any atom is -0.456 e. The molecule has 0 aliphatic carbocycles. The first-order valence-electron chi connectivity index (χ1n) is 6.75. The summed E-state index contributed by atoms with van der Waals surface area (Å²) in [6.07, 6.45) is 1.47. The highest BCUT2D eigenvalue weighted by Crippen LogP contribution is 2.22. The third kappa shape index (κ3) is 2.63. The molecule has 0 aliphatic rings. The average Bonchev–Trinajstić information content (AvgIpc) is 3.00. The highest BCUT2D eigenvalue weighted by Gasteiger charge is 2.12. The molecule has 6 heteroatoms. The number of esters is 1. The van der Waals surface area contributed by atoms with Crippen LogP contribution in [0, 0.1) is 13.8 Å². The number of ether oxygens (including phenoxy) is 1. The summed E-state index contributed by atoms with van der Waals surface area (Å²) in [5.41, 5.74) is 3.00. The van der Waals surface area contributed by atoms with E-state index in [1.165, 1.54) is 18.3 Å². The number of nitrogens with zero attached hydrogens (tertiary/aromatic N) is 1. The van der Waals surface area contributed by atoms with Gasteiger partial charge in [-0.2, -0.15) is 5.10 Å². The van der Waals surface area contributed by atoms with E-state index in [9.17, 15) is 9.59 Å². The van der Waals surface area contributed by atoms with Crippen molar-refractivity contribution in [2.45, 2.75) is 20.5 Å². The van der Waals surface area contributed by atoms with Gasteiger partial charge in [0.05, 0.1) is 0 Å². The Morgan fingerprint density at radius 1 is 1.27 bits per heavy atom. The lowest BCUT2D eigenvalue weighted by Crippen LogP contribution is -2.08. The van der Waals surface area contributed by atoms with Gasteiger partial charge in [-0.05, 0) is 43.2 Å². The van der Waals surface area contributed by atoms with E-state index in [-0.39, 0.29) is 12.3 Å². The molecule has 0 aliphatic heterocycles. The number of benzene rings is 1. The van der Waals surface area contributed by atoms with E-state index in [1.807, 2.05) is 26.0 Å². The van der Waals surface area contributed by atoms with E-state index in [4.69, 9.17) is 9.15 Å². The number of aromatic nitrogens is 2. The average molecular weight is 298 g/mol. The molecule has 2 aromatic heterocycles. The quantitative estimate of drug-likeness (QED) is 0.593. The summed E-state index contributed by atoms with van der Waals surface area (Å²) >= 11 is 0. The van der Waals surface area contributed by atoms with E-state index in [1.54, 1.807) is 0 Å². The number of hydrogen-bond donors (Lipinski definition) is 1. The lowest BCUT2D eigenvalue weighted by molar-refractivity contribution is 0.0467. The normalized spacial score (nSPS) is 10.8. The number of hydrogen-bond acceptors (Lipinski definition) is 5. The highest BCUT2D eigenvalue weighted by atomic mass is 16.5. The predicted octanol–water partition coefficient (Wildman–Crippen LogP) is 2.49. The third-order valence-electron chi connectivity index (χ3n) is 3.52. The molecule has 0 unspecified atom stereocenters. The Morgan fingerprint density at radius 2 is 2.05 bits per heavy atom. The van der Waals surface area contributed by atoms with Crippen molar-refractivity contribution < 1.29 is 13.9 Å². The Balaban J connectivity index is 1.94. The van der Waals surface area contributed by atoms with Crippen LogP contribution in [-0.4, -0.2) is 16.2 Å². The molecule has 0 saturated heterocycles. The van der Waals surface area contributed by atoms with Crippen molar-refractivity contribution in [3.05, 3.63) is 63.3 Å². The Hall–Kier alpha value is -2.89. The summed E-state index contributed by atoms with van der Waals surface area (Å²) in [5, 5.41) is 6.99. The Morgan fingerprint density at radius 3 is 2.77 bits per heavy atom. The van der Waals surface area contributed by atoms with Crippen LogP contribution >= 0.6 is 0 Å². The summed E-state index contributed by atoms with van der Waals surface area (Å²) < 4.78 is 10.4. The number of H-pyrrole nitrogens is 1. The van der Waals surface area contributed by atoms with Crippen molar-refractivity contribution in [3.8, 4) is 0 Å². The van der Waals surface area contributed by atoms with Crippen LogP contribution in [0.4, 0.5) is 0 Å². The Labute approximate surface area is 125 Å². The second-order valence-corrected chi connectivity index (χ2v) is 5.07. The first kappa shape index (κ1) is 14.1. The SMILES string of the molecule is Cc1cc2oc(=O)cc(COC(=O)c3ccn[nH]3)c2cc1C. The van der Waals surface area contributed by atoms with E-state index in [0.29, 0.717) is 11.1 Å². The number of carbonyl (C=O) groups excluding carboxylic acids is 1. The molecule has 22 heavy (non-hydrogen) atoms. The maximum Gasteiger partial charge on any atom is 0.356 e. The van der Waals surface area contributed by atoms with Crippen LogP contribution in [0.2, 0.25) is 0 Å². The maximum atomic E-state index is 11.8. The minimum atomic E-state index is -0.525. The molecule has 0 amide bonds. The zero-order valence-electron chi connectivity index (χ0n) is 12.2. The molecule has 0 radical (unpaired) electrons. The summed E-state index contributed by atoms with van der Waals surface area (Å²) in [6.45, 7) is 3.91. The molecule has 1 aromatic carbocycles. The largest absolute Gasteiger partial charge is 0.456 e. The van der Waals surface area contributed by atoms with Gasteiger partial charge in [-0.3, -0.25) is 5.10 Å². The first-order valence-corrected chi connectivity index (χ1v) is 6.75. The van der Waals surface area contributed by atoms with Crippen molar-refractivity contribution in [2.75, 3.05) is 0 Å². The monoisotopic (exact) mass is 298 g/mol. The number of carbonyl (C=O) groups is 1. The van der Waals surface area contributed by atoms with Crippen LogP contribution in [0.5, 0.6) is 0 Å². The van der Waals surface area contributed by atoms with Crippen LogP contribution in [0.15, 0.2) is 39.7 Å². The molecule has 0 saturated carbocycles. The fourth-order valence-electron chi connectivity index (χ4n) is 2.19. The molecule has 6 nitrogen and oxygen atoms in total. The minimum absolute atomic E-state index is 0.0115. The molecular weight excluding hydrogens is 284 g/mol. The van der Waals surface area contributed by atoms with Crippen LogP contribution in [0.1, 0.15) is 27.2 Å². The summed E-state index contributed by atoms with van der Waals surface area (Å²) in [7, 11) is 0. The van der Waals surface area contributed by atoms with Crippen LogP contribution < -0.4 is 5.63 Å². The fourth-order valence-corrected chi connectivity index (χ4v) is 2.19. The van der Waals surface area contributed by atoms with Gasteiger partial charge in [0, 0.05) is 23.2 Å². The van der Waals surface area contributed by atoms with Gasteiger partial charge in [0.25, 0.3) is 0 Å². The Kier molecular flexibility index (Phi) is 3.50. The van der Waals surface area contributed by atoms with Crippen molar-refractivity contribution >= 4 is 16.9 Å². The predicted molar refractivity (Wildman–Crippen MR) is 79.7 cm³/mol. The number of aryl methyl sites for hydroxylation is 2. The number of fused-ring (bicyclic) bond motifs is 1. The smallest absolute Gasteiger partial charge is 0.356 e. The zero-order valence-corrected chi connectivity index (χ0v) is 12.2. The molecule has 1 N–H and O–H groups in total. The molecule has 0 bridgehead atoms. The van der Waals surface area contributed by atoms with Gasteiger partial charge in [0.15, 0.2) is 0 Å². The molecule has 2 heterocycles. The van der Waals surface area contributed by atoms with Crippen molar-refractivity contribution in [3.63, 3.8) is 0 Å². The number of rotatable bonds is 3. The first-order chi connectivity index (χ1) is 10.5. The molecule has 3 rings (SSSR count). The zero-order chi connectivity index (χ0) is 15.7. The number of nitrogens with one attached hydrogen (secondary N) is 1. The van der Waals surface area contributed by atoms with Crippen LogP contribution in [0.25, 0.3) is 11.0 Å². The van der Waals surface area contributed by atoms with Gasteiger partial charge in [-0.1, -0.05) is 0 Å². The van der Waals surface area contributed by atoms with Gasteiger partial charge in [0.2, 0.25) is 0 Å². The highest BCUT2D eigenvalue weighted by molar-refractivity contribution is 5.87. The van der Waals surface area contributed by atoms with E-state index in [2.05, 4.69) is 10.2 Å². The maximum absolute atomic E-state index is 11.8. The summed E-state index contributed by atoms with van der Waals surface area (Å²) in [4.78, 5) is 23.5. The van der Waals surface area contributed by atoms with Gasteiger partial charge < -0.3 is 9.15 Å². The van der Waals surface area contributed by atoms with Crippen LogP contribution in [-0.2, 0) is 11.3 Å². The van der Waals surface area contributed by atoms with Crippen molar-refractivity contribution in [1.82, 2.24) is 10.2 Å². The lowest BCUT2D eigenvalue weighted by atomic mass is 10.0. The molecule has 0 fully saturated rings. The van der Waals surface area contributed by atoms with Gasteiger partial charge in [-0.15, -0.1) is 0 Å². The number of aromatic amines is 1. The second-order valence-electron chi connectivity index (χ2n) is 5.07. The van der Waals surface area contributed by atoms with Crippen molar-refractivity contribution in [2.24, 2.45) is 0 Å². The van der Waals surface area contributed by atoms with Gasteiger partial charge >= 0.3 is 11.6 Å². The van der Waals surface area contributed by atoms with Gasteiger partial charge in [0.1, 0.15) is 17.9 Å². The van der Waals surface area contributed by atoms with Crippen LogP contribution in [0.3, 0.4) is 0 Å². The van der Waals surface area contributed by atoms with E-state index >= 15 is 0 Å². The summed E-state index contributed by atoms with van der Waals surface area (Å²) in [5.74, 6) is -0.525. The van der Waals surface area contributed by atoms with Gasteiger partial charge in [-0.25, -0.2) is 9.59 Å². The van der Waals surface area contributed by atoms with Crippen molar-refractivity contribution in [1.29, 1.82) is 0 Å². The topological polar surface area (TPSA) is 85.2 Å². The van der Waals surface area contributed by atoms with E-state index in [0.717, 1.165) is 16.5 Å². The molecule has 0 spiro atoms. The Bertz CT molecular complexity index is 894. The molecular formula is C16H14N2O4. The lowest BCUT2D eigenvalue weighted by Gasteiger charge is -2.08. The standard InChI is InChI=1S/C16H14N2O4/c1-9-5-12-11(7-15(19)22-14(12)6-10(9)2)8-21-16(20)13-3-4-17-18-13/h3-7H,8H2,1-2H3,(H,17,18). The molecule has 112 valence electrons. The third-order valence-corrected chi connectivity index (χ3v) is 3.52. The second kappa shape index (κ2) is 5.48.